The van der Waals surface area contributed by atoms with Crippen LogP contribution in [0.1, 0.15) is 13.8 Å². The molecule has 1 fully saturated rings. The zero-order chi connectivity index (χ0) is 14.6. The third-order valence-electron chi connectivity index (χ3n) is 2.64. The van der Waals surface area contributed by atoms with E-state index in [-0.39, 0.29) is 0 Å². The number of morpholine rings is 1. The number of rotatable bonds is 4. The summed E-state index contributed by atoms with van der Waals surface area (Å²) < 4.78 is 5.47. The van der Waals surface area contributed by atoms with Crippen LogP contribution in [0.5, 0.6) is 0 Å². The van der Waals surface area contributed by atoms with E-state index in [1.54, 1.807) is 0 Å². The van der Waals surface area contributed by atoms with Gasteiger partial charge in [-0.2, -0.15) is 0 Å². The standard InChI is InChI=1S/C11H19N3O5/c1-11(2)7-13(3-4-19-11)10(18)14(5-8(12)15)6-9(16)17/h3-7H2,1-2H3,(H2,12,15)(H,16,17). The van der Waals surface area contributed by atoms with E-state index >= 15 is 0 Å². The largest absolute Gasteiger partial charge is 0.480 e. The quantitative estimate of drug-likeness (QED) is 0.688. The molecule has 0 unspecified atom stereocenters. The Kier molecular flexibility index (Phi) is 4.71. The molecule has 8 nitrogen and oxygen atoms in total. The summed E-state index contributed by atoms with van der Waals surface area (Å²) in [4.78, 5) is 36.2. The molecule has 0 saturated carbocycles. The number of amides is 3. The number of carboxylic acid groups (broad SMARTS) is 1. The van der Waals surface area contributed by atoms with Crippen LogP contribution in [0.15, 0.2) is 0 Å². The number of carbonyl (C=O) groups is 3. The molecule has 1 aliphatic heterocycles. The maximum absolute atomic E-state index is 12.2. The molecule has 1 aliphatic rings. The predicted molar refractivity (Wildman–Crippen MR) is 65.4 cm³/mol. The molecule has 3 N–H and O–H groups in total. The lowest BCUT2D eigenvalue weighted by atomic mass is 10.1. The van der Waals surface area contributed by atoms with Gasteiger partial charge in [-0.05, 0) is 13.8 Å². The van der Waals surface area contributed by atoms with Crippen molar-refractivity contribution < 1.29 is 24.2 Å². The minimum Gasteiger partial charge on any atom is -0.480 e. The molecule has 0 aromatic carbocycles. The number of carboxylic acids is 1. The second kappa shape index (κ2) is 5.87. The van der Waals surface area contributed by atoms with Gasteiger partial charge in [-0.3, -0.25) is 9.59 Å². The number of nitrogens with zero attached hydrogens (tertiary/aromatic N) is 2. The summed E-state index contributed by atoms with van der Waals surface area (Å²) in [5.41, 5.74) is 4.53. The molecular formula is C11H19N3O5. The number of hydrogen-bond acceptors (Lipinski definition) is 4. The summed E-state index contributed by atoms with van der Waals surface area (Å²) in [7, 11) is 0. The van der Waals surface area contributed by atoms with Crippen LogP contribution in [0.2, 0.25) is 0 Å². The SMILES string of the molecule is CC1(C)CN(C(=O)N(CC(N)=O)CC(=O)O)CCO1. The van der Waals surface area contributed by atoms with E-state index in [9.17, 15) is 14.4 Å². The summed E-state index contributed by atoms with van der Waals surface area (Å²) in [6.07, 6.45) is 0. The van der Waals surface area contributed by atoms with Gasteiger partial charge in [-0.1, -0.05) is 0 Å². The normalized spacial score (nSPS) is 17.9. The fourth-order valence-corrected chi connectivity index (χ4v) is 1.92. The third-order valence-corrected chi connectivity index (χ3v) is 2.64. The van der Waals surface area contributed by atoms with Crippen molar-refractivity contribution in [2.75, 3.05) is 32.8 Å². The molecule has 108 valence electrons. The van der Waals surface area contributed by atoms with Crippen molar-refractivity contribution in [3.05, 3.63) is 0 Å². The van der Waals surface area contributed by atoms with E-state index in [1.807, 2.05) is 13.8 Å². The van der Waals surface area contributed by atoms with E-state index in [1.165, 1.54) is 4.90 Å². The first kappa shape index (κ1) is 15.2. The van der Waals surface area contributed by atoms with Crippen LogP contribution in [0, 0.1) is 0 Å². The molecule has 0 bridgehead atoms. The van der Waals surface area contributed by atoms with Crippen LogP contribution in [-0.2, 0) is 14.3 Å². The average Bonchev–Trinajstić information content (AvgIpc) is 2.24. The highest BCUT2D eigenvalue weighted by molar-refractivity contribution is 5.86. The van der Waals surface area contributed by atoms with Crippen molar-refractivity contribution in [2.24, 2.45) is 5.73 Å². The maximum Gasteiger partial charge on any atom is 0.323 e. The highest BCUT2D eigenvalue weighted by Crippen LogP contribution is 2.17. The molecule has 0 aromatic heterocycles. The van der Waals surface area contributed by atoms with Crippen molar-refractivity contribution in [3.8, 4) is 0 Å². The Morgan fingerprint density at radius 2 is 2.00 bits per heavy atom. The average molecular weight is 273 g/mol. The van der Waals surface area contributed by atoms with Gasteiger partial charge in [0.25, 0.3) is 0 Å². The topological polar surface area (TPSA) is 113 Å². The fourth-order valence-electron chi connectivity index (χ4n) is 1.92. The van der Waals surface area contributed by atoms with Crippen LogP contribution < -0.4 is 5.73 Å². The molecule has 1 heterocycles. The van der Waals surface area contributed by atoms with Crippen LogP contribution >= 0.6 is 0 Å². The Labute approximate surface area is 111 Å². The van der Waals surface area contributed by atoms with Crippen molar-refractivity contribution in [1.29, 1.82) is 0 Å². The van der Waals surface area contributed by atoms with Crippen LogP contribution in [0.4, 0.5) is 4.79 Å². The number of aliphatic carboxylic acids is 1. The van der Waals surface area contributed by atoms with Crippen molar-refractivity contribution in [3.63, 3.8) is 0 Å². The highest BCUT2D eigenvalue weighted by atomic mass is 16.5. The first-order valence-electron chi connectivity index (χ1n) is 5.89. The zero-order valence-electron chi connectivity index (χ0n) is 11.1. The number of hydrogen-bond donors (Lipinski definition) is 2. The second-order valence-electron chi connectivity index (χ2n) is 5.03. The number of urea groups is 1. The van der Waals surface area contributed by atoms with Gasteiger partial charge in [0, 0.05) is 6.54 Å². The van der Waals surface area contributed by atoms with Gasteiger partial charge in [0.05, 0.1) is 18.8 Å². The first-order chi connectivity index (χ1) is 8.71. The van der Waals surface area contributed by atoms with Gasteiger partial charge < -0.3 is 25.4 Å². The number of carbonyl (C=O) groups excluding carboxylic acids is 2. The first-order valence-corrected chi connectivity index (χ1v) is 5.89. The molecule has 0 spiro atoms. The third kappa shape index (κ3) is 4.74. The Morgan fingerprint density at radius 1 is 1.37 bits per heavy atom. The summed E-state index contributed by atoms with van der Waals surface area (Å²) >= 11 is 0. The molecule has 19 heavy (non-hydrogen) atoms. The Balaban J connectivity index is 2.74. The highest BCUT2D eigenvalue weighted by Gasteiger charge is 2.33. The summed E-state index contributed by atoms with van der Waals surface area (Å²) in [5.74, 6) is -1.94. The van der Waals surface area contributed by atoms with Crippen LogP contribution in [0.25, 0.3) is 0 Å². The van der Waals surface area contributed by atoms with E-state index in [4.69, 9.17) is 15.6 Å². The molecule has 0 aliphatic carbocycles. The van der Waals surface area contributed by atoms with Gasteiger partial charge in [0.15, 0.2) is 0 Å². The summed E-state index contributed by atoms with van der Waals surface area (Å²) in [5, 5.41) is 8.76. The van der Waals surface area contributed by atoms with Gasteiger partial charge >= 0.3 is 12.0 Å². The smallest absolute Gasteiger partial charge is 0.323 e. The summed E-state index contributed by atoms with van der Waals surface area (Å²) in [6.45, 7) is 3.76. The molecule has 0 atom stereocenters. The molecule has 3 amide bonds. The van der Waals surface area contributed by atoms with Crippen molar-refractivity contribution in [1.82, 2.24) is 9.80 Å². The molecule has 1 saturated heterocycles. The van der Waals surface area contributed by atoms with Gasteiger partial charge in [0.1, 0.15) is 13.1 Å². The predicted octanol–water partition coefficient (Wildman–Crippen LogP) is -0.911. The van der Waals surface area contributed by atoms with E-state index in [2.05, 4.69) is 0 Å². The van der Waals surface area contributed by atoms with Crippen molar-refractivity contribution >= 4 is 17.9 Å². The number of primary amides is 1. The lowest BCUT2D eigenvalue weighted by Crippen LogP contribution is -2.56. The fraction of sp³-hybridized carbons (Fsp3) is 0.727. The Bertz CT molecular complexity index is 367. The minimum atomic E-state index is -1.19. The summed E-state index contributed by atoms with van der Waals surface area (Å²) in [6, 6.07) is -0.516. The molecule has 8 heteroatoms. The van der Waals surface area contributed by atoms with E-state index < -0.39 is 36.6 Å². The molecular weight excluding hydrogens is 254 g/mol. The van der Waals surface area contributed by atoms with Gasteiger partial charge in [-0.15, -0.1) is 0 Å². The van der Waals surface area contributed by atoms with Crippen molar-refractivity contribution in [2.45, 2.75) is 19.4 Å². The minimum absolute atomic E-state index is 0.334. The lowest BCUT2D eigenvalue weighted by Gasteiger charge is -2.39. The van der Waals surface area contributed by atoms with Crippen LogP contribution in [0.3, 0.4) is 0 Å². The monoisotopic (exact) mass is 273 g/mol. The molecule has 0 radical (unpaired) electrons. The molecule has 0 aromatic rings. The van der Waals surface area contributed by atoms with Gasteiger partial charge in [0.2, 0.25) is 5.91 Å². The maximum atomic E-state index is 12.2. The number of ether oxygens (including phenoxy) is 1. The van der Waals surface area contributed by atoms with Crippen LogP contribution in [-0.4, -0.2) is 71.2 Å². The lowest BCUT2D eigenvalue weighted by molar-refractivity contribution is -0.138. The zero-order valence-corrected chi connectivity index (χ0v) is 11.1. The Hall–Kier alpha value is -1.83. The van der Waals surface area contributed by atoms with E-state index in [0.29, 0.717) is 19.7 Å². The Morgan fingerprint density at radius 3 is 2.47 bits per heavy atom. The number of nitrogens with two attached hydrogens (primary N) is 1. The molecule has 1 rings (SSSR count). The van der Waals surface area contributed by atoms with E-state index in [0.717, 1.165) is 4.90 Å². The second-order valence-corrected chi connectivity index (χ2v) is 5.03. The van der Waals surface area contributed by atoms with Gasteiger partial charge in [-0.25, -0.2) is 4.79 Å².